The first-order chi connectivity index (χ1) is 12.1. The second kappa shape index (κ2) is 7.00. The molecule has 0 atom stereocenters. The van der Waals surface area contributed by atoms with E-state index in [4.69, 9.17) is 0 Å². The third-order valence-electron chi connectivity index (χ3n) is 3.71. The van der Waals surface area contributed by atoms with Gasteiger partial charge in [-0.2, -0.15) is 5.10 Å². The first-order valence-electron chi connectivity index (χ1n) is 7.67. The Kier molecular flexibility index (Phi) is 4.61. The molecule has 0 saturated heterocycles. The predicted molar refractivity (Wildman–Crippen MR) is 94.4 cm³/mol. The number of hydrogen-bond acceptors (Lipinski definition) is 4. The molecule has 126 valence electrons. The summed E-state index contributed by atoms with van der Waals surface area (Å²) in [5, 5.41) is 6.71. The van der Waals surface area contributed by atoms with Crippen molar-refractivity contribution in [2.45, 2.75) is 0 Å². The number of anilines is 1. The third-order valence-corrected chi connectivity index (χ3v) is 3.71. The summed E-state index contributed by atoms with van der Waals surface area (Å²) >= 11 is 0. The second-order valence-electron chi connectivity index (χ2n) is 5.45. The molecule has 2 aromatic carbocycles. The van der Waals surface area contributed by atoms with E-state index in [0.717, 1.165) is 11.1 Å². The van der Waals surface area contributed by atoms with Crippen LogP contribution < -0.4 is 5.32 Å². The molecule has 1 amide bonds. The van der Waals surface area contributed by atoms with Crippen LogP contribution in [0.25, 0.3) is 11.1 Å². The molecule has 3 aromatic rings. The van der Waals surface area contributed by atoms with Crippen molar-refractivity contribution >= 4 is 17.6 Å². The minimum Gasteiger partial charge on any atom is -0.464 e. The van der Waals surface area contributed by atoms with Gasteiger partial charge >= 0.3 is 5.97 Å². The van der Waals surface area contributed by atoms with Crippen LogP contribution in [0.15, 0.2) is 60.8 Å². The standard InChI is InChI=1S/C19H17N3O3/c1-22-12-16(17(21-22)19(24)25-2)20-18(23)15-10-8-14(9-11-15)13-6-4-3-5-7-13/h3-12H,1-2H3,(H,20,23). The predicted octanol–water partition coefficient (Wildman–Crippen LogP) is 3.13. The van der Waals surface area contributed by atoms with Gasteiger partial charge in [0, 0.05) is 18.8 Å². The highest BCUT2D eigenvalue weighted by Gasteiger charge is 2.19. The van der Waals surface area contributed by atoms with E-state index in [2.05, 4.69) is 15.2 Å². The smallest absolute Gasteiger partial charge is 0.360 e. The maximum absolute atomic E-state index is 12.4. The van der Waals surface area contributed by atoms with Gasteiger partial charge in [0.2, 0.25) is 0 Å². The monoisotopic (exact) mass is 335 g/mol. The Bertz CT molecular complexity index is 899. The Labute approximate surface area is 145 Å². The summed E-state index contributed by atoms with van der Waals surface area (Å²) in [5.74, 6) is -0.923. The number of amides is 1. The highest BCUT2D eigenvalue weighted by Crippen LogP contribution is 2.20. The van der Waals surface area contributed by atoms with Crippen LogP contribution in [0, 0.1) is 0 Å². The van der Waals surface area contributed by atoms with Gasteiger partial charge in [0.15, 0.2) is 5.69 Å². The highest BCUT2D eigenvalue weighted by atomic mass is 16.5. The van der Waals surface area contributed by atoms with Gasteiger partial charge in [-0.15, -0.1) is 0 Å². The molecule has 6 heteroatoms. The van der Waals surface area contributed by atoms with Crippen molar-refractivity contribution in [2.75, 3.05) is 12.4 Å². The molecule has 0 aliphatic rings. The highest BCUT2D eigenvalue weighted by molar-refractivity contribution is 6.07. The average Bonchev–Trinajstić information content (AvgIpc) is 3.02. The van der Waals surface area contributed by atoms with Crippen LogP contribution in [-0.4, -0.2) is 28.8 Å². The number of carbonyl (C=O) groups excluding carboxylic acids is 2. The lowest BCUT2D eigenvalue weighted by atomic mass is 10.0. The fourth-order valence-electron chi connectivity index (χ4n) is 2.47. The topological polar surface area (TPSA) is 73.2 Å². The largest absolute Gasteiger partial charge is 0.464 e. The molecule has 1 N–H and O–H groups in total. The van der Waals surface area contributed by atoms with Gasteiger partial charge in [-0.05, 0) is 23.3 Å². The zero-order chi connectivity index (χ0) is 17.8. The summed E-state index contributed by atoms with van der Waals surface area (Å²) in [7, 11) is 2.93. The van der Waals surface area contributed by atoms with Gasteiger partial charge in [-0.25, -0.2) is 4.79 Å². The van der Waals surface area contributed by atoms with E-state index >= 15 is 0 Å². The normalized spacial score (nSPS) is 10.3. The van der Waals surface area contributed by atoms with Crippen molar-refractivity contribution in [3.8, 4) is 11.1 Å². The van der Waals surface area contributed by atoms with Gasteiger partial charge in [-0.1, -0.05) is 42.5 Å². The Morgan fingerprint density at radius 1 is 1.00 bits per heavy atom. The minimum absolute atomic E-state index is 0.0688. The molecule has 0 aliphatic heterocycles. The van der Waals surface area contributed by atoms with Gasteiger partial charge < -0.3 is 10.1 Å². The van der Waals surface area contributed by atoms with E-state index in [1.54, 1.807) is 25.4 Å². The van der Waals surface area contributed by atoms with Crippen LogP contribution in [0.1, 0.15) is 20.8 Å². The van der Waals surface area contributed by atoms with E-state index in [-0.39, 0.29) is 11.6 Å². The number of esters is 1. The Balaban J connectivity index is 1.79. The number of ether oxygens (including phenoxy) is 1. The summed E-state index contributed by atoms with van der Waals surface area (Å²) < 4.78 is 6.12. The molecule has 0 aliphatic carbocycles. The van der Waals surface area contributed by atoms with Crippen LogP contribution >= 0.6 is 0 Å². The fourth-order valence-corrected chi connectivity index (χ4v) is 2.47. The molecule has 0 radical (unpaired) electrons. The first kappa shape index (κ1) is 16.4. The number of nitrogens with one attached hydrogen (secondary N) is 1. The number of aryl methyl sites for hydroxylation is 1. The van der Waals surface area contributed by atoms with Crippen molar-refractivity contribution < 1.29 is 14.3 Å². The number of benzene rings is 2. The molecule has 0 spiro atoms. The quantitative estimate of drug-likeness (QED) is 0.744. The molecule has 3 rings (SSSR count). The van der Waals surface area contributed by atoms with Crippen molar-refractivity contribution in [3.63, 3.8) is 0 Å². The van der Waals surface area contributed by atoms with E-state index in [1.165, 1.54) is 11.8 Å². The number of aromatic nitrogens is 2. The van der Waals surface area contributed by atoms with E-state index < -0.39 is 5.97 Å². The Morgan fingerprint density at radius 2 is 1.64 bits per heavy atom. The first-order valence-corrected chi connectivity index (χ1v) is 7.67. The molecule has 1 heterocycles. The van der Waals surface area contributed by atoms with Crippen molar-refractivity contribution in [1.82, 2.24) is 9.78 Å². The lowest BCUT2D eigenvalue weighted by molar-refractivity contribution is 0.0594. The number of nitrogens with zero attached hydrogens (tertiary/aromatic N) is 2. The molecule has 0 unspecified atom stereocenters. The number of carbonyl (C=O) groups is 2. The third kappa shape index (κ3) is 3.58. The molecule has 6 nitrogen and oxygen atoms in total. The average molecular weight is 335 g/mol. The summed E-state index contributed by atoms with van der Waals surface area (Å²) in [4.78, 5) is 24.2. The fraction of sp³-hybridized carbons (Fsp3) is 0.105. The molecule has 1 aromatic heterocycles. The Morgan fingerprint density at radius 3 is 2.28 bits per heavy atom. The summed E-state index contributed by atoms with van der Waals surface area (Å²) in [6.45, 7) is 0. The SMILES string of the molecule is COC(=O)c1nn(C)cc1NC(=O)c1ccc(-c2ccccc2)cc1. The van der Waals surface area contributed by atoms with Crippen LogP contribution in [0.5, 0.6) is 0 Å². The number of rotatable bonds is 4. The maximum Gasteiger partial charge on any atom is 0.360 e. The zero-order valence-corrected chi connectivity index (χ0v) is 13.9. The van der Waals surface area contributed by atoms with Gasteiger partial charge in [0.25, 0.3) is 5.91 Å². The summed E-state index contributed by atoms with van der Waals surface area (Å²) in [5.41, 5.74) is 2.97. The van der Waals surface area contributed by atoms with E-state index in [0.29, 0.717) is 11.3 Å². The van der Waals surface area contributed by atoms with Crippen molar-refractivity contribution in [1.29, 1.82) is 0 Å². The van der Waals surface area contributed by atoms with Crippen molar-refractivity contribution in [3.05, 3.63) is 72.1 Å². The molecule has 0 saturated carbocycles. The second-order valence-corrected chi connectivity index (χ2v) is 5.45. The summed E-state index contributed by atoms with van der Waals surface area (Å²) in [6, 6.07) is 17.2. The Hall–Kier alpha value is -3.41. The number of hydrogen-bond donors (Lipinski definition) is 1. The minimum atomic E-state index is -0.602. The van der Waals surface area contributed by atoms with Gasteiger partial charge in [0.05, 0.1) is 12.8 Å². The molecule has 0 bridgehead atoms. The van der Waals surface area contributed by atoms with Crippen LogP contribution in [0.2, 0.25) is 0 Å². The number of methoxy groups -OCH3 is 1. The zero-order valence-electron chi connectivity index (χ0n) is 13.9. The van der Waals surface area contributed by atoms with E-state index in [9.17, 15) is 9.59 Å². The molecule has 0 fully saturated rings. The maximum atomic E-state index is 12.4. The van der Waals surface area contributed by atoms with Crippen LogP contribution in [0.4, 0.5) is 5.69 Å². The van der Waals surface area contributed by atoms with Crippen LogP contribution in [-0.2, 0) is 11.8 Å². The molecular formula is C19H17N3O3. The van der Waals surface area contributed by atoms with E-state index in [1.807, 2.05) is 42.5 Å². The van der Waals surface area contributed by atoms with Crippen molar-refractivity contribution in [2.24, 2.45) is 7.05 Å². The molecule has 25 heavy (non-hydrogen) atoms. The van der Waals surface area contributed by atoms with Gasteiger partial charge in [0.1, 0.15) is 0 Å². The summed E-state index contributed by atoms with van der Waals surface area (Å²) in [6.07, 6.45) is 1.56. The van der Waals surface area contributed by atoms with Crippen LogP contribution in [0.3, 0.4) is 0 Å². The lowest BCUT2D eigenvalue weighted by Gasteiger charge is -2.06. The lowest BCUT2D eigenvalue weighted by Crippen LogP contribution is -2.14. The molecular weight excluding hydrogens is 318 g/mol. The van der Waals surface area contributed by atoms with Gasteiger partial charge in [-0.3, -0.25) is 9.48 Å².